The molecule has 1 aliphatic heterocycles. The van der Waals surface area contributed by atoms with Crippen molar-refractivity contribution in [3.05, 3.63) is 71.6 Å². The Bertz CT molecular complexity index is 1380. The van der Waals surface area contributed by atoms with Gasteiger partial charge in [-0.3, -0.25) is 9.79 Å². The number of fused-ring (bicyclic) bond motifs is 1. The predicted molar refractivity (Wildman–Crippen MR) is 115 cm³/mol. The van der Waals surface area contributed by atoms with Gasteiger partial charge in [-0.15, -0.1) is 0 Å². The molecule has 1 aromatic carbocycles. The molecule has 0 amide bonds. The molecule has 0 atom stereocenters. The van der Waals surface area contributed by atoms with Crippen molar-refractivity contribution in [2.45, 2.75) is 13.3 Å². The average molecular weight is 414 g/mol. The van der Waals surface area contributed by atoms with Crippen molar-refractivity contribution < 1.29 is 9.18 Å². The number of halogens is 1. The van der Waals surface area contributed by atoms with Gasteiger partial charge in [-0.25, -0.2) is 18.9 Å². The molecule has 0 bridgehead atoms. The fourth-order valence-electron chi connectivity index (χ4n) is 3.66. The van der Waals surface area contributed by atoms with Gasteiger partial charge in [0, 0.05) is 24.4 Å². The second-order valence-corrected chi connectivity index (χ2v) is 7.43. The third-order valence-electron chi connectivity index (χ3n) is 5.36. The molecule has 0 aliphatic carbocycles. The number of hydrogen-bond donors (Lipinski definition) is 0. The van der Waals surface area contributed by atoms with E-state index in [0.29, 0.717) is 29.2 Å². The van der Waals surface area contributed by atoms with Gasteiger partial charge in [-0.1, -0.05) is 6.08 Å². The van der Waals surface area contributed by atoms with Gasteiger partial charge in [0.25, 0.3) is 0 Å². The van der Waals surface area contributed by atoms with Crippen LogP contribution in [0.4, 0.5) is 4.39 Å². The van der Waals surface area contributed by atoms with Gasteiger partial charge in [0.1, 0.15) is 17.3 Å². The maximum Gasteiger partial charge on any atom is 0.170 e. The standard InChI is InChI=1S/C23H19FN6O/c1-14-26-22(15-3-5-17(24)6-4-15)23(29(14)2)19-7-8-21-27-18(13-30(21)28-19)11-20(31)16-9-10-25-12-16/h3-9,12-13H,10-11H2,1-2H3. The number of ketones is 1. The largest absolute Gasteiger partial charge is 0.330 e. The number of aryl methyl sites for hydroxylation is 1. The minimum absolute atomic E-state index is 0.00858. The summed E-state index contributed by atoms with van der Waals surface area (Å²) in [5.74, 6) is 0.517. The molecule has 0 radical (unpaired) electrons. The van der Waals surface area contributed by atoms with Gasteiger partial charge >= 0.3 is 0 Å². The Hall–Kier alpha value is -3.94. The highest BCUT2D eigenvalue weighted by atomic mass is 19.1. The zero-order valence-electron chi connectivity index (χ0n) is 17.1. The quantitative estimate of drug-likeness (QED) is 0.502. The van der Waals surface area contributed by atoms with Crippen molar-refractivity contribution in [2.75, 3.05) is 6.54 Å². The second-order valence-electron chi connectivity index (χ2n) is 7.43. The van der Waals surface area contributed by atoms with Crippen LogP contribution in [0.25, 0.3) is 28.3 Å². The van der Waals surface area contributed by atoms with E-state index >= 15 is 0 Å². The van der Waals surface area contributed by atoms with E-state index in [-0.39, 0.29) is 18.0 Å². The molecule has 154 valence electrons. The summed E-state index contributed by atoms with van der Waals surface area (Å²) in [6.45, 7) is 2.47. The van der Waals surface area contributed by atoms with E-state index < -0.39 is 0 Å². The number of allylic oxidation sites excluding steroid dienone is 1. The lowest BCUT2D eigenvalue weighted by Crippen LogP contribution is -2.06. The topological polar surface area (TPSA) is 77.4 Å². The summed E-state index contributed by atoms with van der Waals surface area (Å²) >= 11 is 0. The maximum atomic E-state index is 13.4. The molecule has 7 nitrogen and oxygen atoms in total. The molecule has 4 heterocycles. The number of Topliss-reactive ketones (excluding diaryl/α,β-unsaturated/α-hetero) is 1. The van der Waals surface area contributed by atoms with E-state index in [1.165, 1.54) is 12.1 Å². The van der Waals surface area contributed by atoms with Crippen molar-refractivity contribution in [1.29, 1.82) is 0 Å². The summed E-state index contributed by atoms with van der Waals surface area (Å²) in [4.78, 5) is 25.6. The summed E-state index contributed by atoms with van der Waals surface area (Å²) < 4.78 is 17.0. The SMILES string of the molecule is Cc1nc(-c2ccc(F)cc2)c(-c2ccc3nc(CC(=O)C4=CCN=C4)cn3n2)n1C. The molecule has 3 aromatic heterocycles. The van der Waals surface area contributed by atoms with E-state index in [1.54, 1.807) is 29.1 Å². The second kappa shape index (κ2) is 7.39. The lowest BCUT2D eigenvalue weighted by atomic mass is 10.1. The number of hydrogen-bond acceptors (Lipinski definition) is 5. The number of aliphatic imine (C=N–C) groups is 1. The van der Waals surface area contributed by atoms with Crippen LogP contribution in [-0.4, -0.2) is 42.7 Å². The minimum Gasteiger partial charge on any atom is -0.330 e. The van der Waals surface area contributed by atoms with Crippen LogP contribution in [0.15, 0.2) is 59.2 Å². The van der Waals surface area contributed by atoms with Crippen molar-refractivity contribution in [3.63, 3.8) is 0 Å². The normalized spacial score (nSPS) is 13.2. The maximum absolute atomic E-state index is 13.4. The molecular formula is C23H19FN6O. The first kappa shape index (κ1) is 19.0. The van der Waals surface area contributed by atoms with Crippen LogP contribution in [0.3, 0.4) is 0 Å². The Morgan fingerprint density at radius 1 is 1.13 bits per heavy atom. The summed E-state index contributed by atoms with van der Waals surface area (Å²) in [6.07, 6.45) is 5.39. The number of carbonyl (C=O) groups excluding carboxylic acids is 1. The van der Waals surface area contributed by atoms with Crippen LogP contribution < -0.4 is 0 Å². The van der Waals surface area contributed by atoms with Crippen molar-refractivity contribution >= 4 is 17.6 Å². The molecule has 0 unspecified atom stereocenters. The molecular weight excluding hydrogens is 395 g/mol. The van der Waals surface area contributed by atoms with Crippen LogP contribution in [0, 0.1) is 12.7 Å². The Morgan fingerprint density at radius 2 is 1.94 bits per heavy atom. The van der Waals surface area contributed by atoms with Crippen molar-refractivity contribution in [1.82, 2.24) is 24.1 Å². The molecule has 4 aromatic rings. The lowest BCUT2D eigenvalue weighted by Gasteiger charge is -2.07. The highest BCUT2D eigenvalue weighted by Gasteiger charge is 2.19. The van der Waals surface area contributed by atoms with Crippen LogP contribution in [0.2, 0.25) is 0 Å². The van der Waals surface area contributed by atoms with E-state index in [1.807, 2.05) is 36.7 Å². The third kappa shape index (κ3) is 3.46. The Labute approximate surface area is 177 Å². The molecule has 8 heteroatoms. The molecule has 0 saturated carbocycles. The number of carbonyl (C=O) groups is 1. The Morgan fingerprint density at radius 3 is 2.68 bits per heavy atom. The number of rotatable bonds is 5. The Balaban J connectivity index is 1.53. The van der Waals surface area contributed by atoms with E-state index in [9.17, 15) is 9.18 Å². The highest BCUT2D eigenvalue weighted by molar-refractivity contribution is 6.14. The molecule has 0 spiro atoms. The van der Waals surface area contributed by atoms with Gasteiger partial charge in [0.2, 0.25) is 0 Å². The summed E-state index contributed by atoms with van der Waals surface area (Å²) in [7, 11) is 1.92. The first-order valence-electron chi connectivity index (χ1n) is 9.88. The van der Waals surface area contributed by atoms with Crippen LogP contribution in [-0.2, 0) is 18.3 Å². The van der Waals surface area contributed by atoms with Gasteiger partial charge in [0.05, 0.1) is 36.2 Å². The zero-order valence-corrected chi connectivity index (χ0v) is 17.1. The van der Waals surface area contributed by atoms with Gasteiger partial charge in [-0.2, -0.15) is 5.10 Å². The molecule has 31 heavy (non-hydrogen) atoms. The summed E-state index contributed by atoms with van der Waals surface area (Å²) in [5, 5.41) is 4.72. The third-order valence-corrected chi connectivity index (χ3v) is 5.36. The highest BCUT2D eigenvalue weighted by Crippen LogP contribution is 2.31. The number of nitrogens with zero attached hydrogens (tertiary/aromatic N) is 6. The van der Waals surface area contributed by atoms with Crippen molar-refractivity contribution in [2.24, 2.45) is 12.0 Å². The monoisotopic (exact) mass is 414 g/mol. The van der Waals surface area contributed by atoms with Gasteiger partial charge in [-0.05, 0) is 43.3 Å². The van der Waals surface area contributed by atoms with Gasteiger partial charge < -0.3 is 4.57 Å². The molecule has 1 aliphatic rings. The number of benzene rings is 1. The predicted octanol–water partition coefficient (Wildman–Crippen LogP) is 3.37. The minimum atomic E-state index is -0.294. The average Bonchev–Trinajstić information content (AvgIpc) is 3.48. The fraction of sp³-hybridized carbons (Fsp3) is 0.174. The van der Waals surface area contributed by atoms with Gasteiger partial charge in [0.15, 0.2) is 11.4 Å². The molecule has 0 saturated heterocycles. The van der Waals surface area contributed by atoms with E-state index in [2.05, 4.69) is 15.0 Å². The Kier molecular flexibility index (Phi) is 4.54. The molecule has 5 rings (SSSR count). The lowest BCUT2D eigenvalue weighted by molar-refractivity contribution is -0.114. The molecule has 0 fully saturated rings. The number of imidazole rings is 2. The van der Waals surface area contributed by atoms with Crippen molar-refractivity contribution in [3.8, 4) is 22.6 Å². The van der Waals surface area contributed by atoms with E-state index in [0.717, 1.165) is 22.8 Å². The van der Waals surface area contributed by atoms with Crippen LogP contribution in [0.1, 0.15) is 11.5 Å². The fourth-order valence-corrected chi connectivity index (χ4v) is 3.66. The zero-order chi connectivity index (χ0) is 21.5. The van der Waals surface area contributed by atoms with E-state index in [4.69, 9.17) is 5.10 Å². The molecule has 0 N–H and O–H groups in total. The van der Waals surface area contributed by atoms with Crippen LogP contribution in [0.5, 0.6) is 0 Å². The first-order valence-corrected chi connectivity index (χ1v) is 9.88. The van der Waals surface area contributed by atoms with Crippen LogP contribution >= 0.6 is 0 Å². The smallest absolute Gasteiger partial charge is 0.170 e. The summed E-state index contributed by atoms with van der Waals surface area (Å²) in [6, 6.07) is 10.0. The summed E-state index contributed by atoms with van der Waals surface area (Å²) in [5.41, 5.74) is 5.00. The number of aromatic nitrogens is 5. The first-order chi connectivity index (χ1) is 15.0.